The second-order valence-electron chi connectivity index (χ2n) is 36.3. The summed E-state index contributed by atoms with van der Waals surface area (Å²) in [6.07, 6.45) is -2.17. The number of aliphatic carboxylic acids is 1. The van der Waals surface area contributed by atoms with Gasteiger partial charge in [0.25, 0.3) is 0 Å². The van der Waals surface area contributed by atoms with Crippen LogP contribution in [0.4, 0.5) is 67.2 Å². The van der Waals surface area contributed by atoms with Crippen LogP contribution in [0.5, 0.6) is 0 Å². The highest BCUT2D eigenvalue weighted by Crippen LogP contribution is 2.53. The number of β-amino-alcohol motifs (C(OH)–C–C–N with tert-alkyl or cyclic N) is 2. The van der Waals surface area contributed by atoms with Crippen molar-refractivity contribution in [3.63, 3.8) is 0 Å². The van der Waals surface area contributed by atoms with E-state index in [1.807, 2.05) is 105 Å². The van der Waals surface area contributed by atoms with Gasteiger partial charge in [0, 0.05) is 194 Å². The van der Waals surface area contributed by atoms with Crippen LogP contribution in [0.25, 0.3) is 4.85 Å². The van der Waals surface area contributed by atoms with Crippen molar-refractivity contribution < 1.29 is 110 Å². The first-order chi connectivity index (χ1) is 67.6. The van der Waals surface area contributed by atoms with Crippen LogP contribution in [0.2, 0.25) is 0 Å². The average Bonchev–Trinajstić information content (AvgIpc) is 1.63. The van der Waals surface area contributed by atoms with E-state index in [0.29, 0.717) is 76.5 Å². The molecule has 2 saturated heterocycles. The van der Waals surface area contributed by atoms with Gasteiger partial charge in [0.2, 0.25) is 11.3 Å². The molecule has 2 aliphatic rings. The van der Waals surface area contributed by atoms with E-state index in [9.17, 15) is 95.7 Å². The number of halogens is 23. The minimum Gasteiger partial charge on any atom is -0.481 e. The maximum atomic E-state index is 13.9. The number of para-hydroxylation sites is 1. The quantitative estimate of drug-likeness (QED) is 0.00624. The summed E-state index contributed by atoms with van der Waals surface area (Å²) >= 11 is 26.6. The van der Waals surface area contributed by atoms with Crippen LogP contribution in [0.3, 0.4) is 0 Å². The van der Waals surface area contributed by atoms with E-state index >= 15 is 0 Å². The van der Waals surface area contributed by atoms with Crippen molar-refractivity contribution in [2.24, 2.45) is 11.7 Å². The normalized spacial score (nSPS) is 14.5. The Kier molecular flexibility index (Phi) is 78.2. The molecule has 7 N–H and O–H groups in total. The lowest BCUT2D eigenvalue weighted by atomic mass is 9.88. The lowest BCUT2D eigenvalue weighted by Gasteiger charge is -2.36. The Labute approximate surface area is 916 Å². The van der Waals surface area contributed by atoms with Crippen LogP contribution in [0.1, 0.15) is 220 Å². The van der Waals surface area contributed by atoms with Gasteiger partial charge in [-0.3, -0.25) is 38.1 Å². The summed E-state index contributed by atoms with van der Waals surface area (Å²) in [5.74, 6) is -12.6. The number of carboxylic acid groups (broad SMARTS) is 1. The van der Waals surface area contributed by atoms with Crippen molar-refractivity contribution in [1.29, 1.82) is 10.5 Å². The van der Waals surface area contributed by atoms with Crippen LogP contribution in [0, 0.1) is 117 Å². The molecule has 3 radical (unpaired) electrons. The molecule has 0 aromatic heterocycles. The third kappa shape index (κ3) is 66.9. The number of benzene rings is 8. The molecule has 0 saturated carbocycles. The molecule has 7 atom stereocenters. The first-order valence-corrected chi connectivity index (χ1v) is 55.9. The fourth-order valence-corrected chi connectivity index (χ4v) is 14.0. The number of aliphatic hydroxyl groups is 3. The van der Waals surface area contributed by atoms with Crippen LogP contribution in [0.15, 0.2) is 164 Å². The van der Waals surface area contributed by atoms with Crippen LogP contribution in [-0.4, -0.2) is 201 Å². The van der Waals surface area contributed by atoms with Gasteiger partial charge in [0.05, 0.1) is 85.2 Å². The standard InChI is InChI=1S/C15H20F2N2O.C15H18F2N2.C15H19F2NO2.C12H17F2NO.C10H15N.C8H7ClF2O.C8H5ClF2O.C6H4F2.C4H10ClO3P.C4H11N.C3H4BrN.C2H2Cl2O.CH4.Al.B.3ClH/c1-15(2,3)19(8-4-7-18)10-14(20)12-6-5-11(16)9-13(12)17;1-15(2,3)19-8-12(14(9-19)18-4)11-6-5-10(16)7-13(11)17;1-15(2,3)18-7-11(12(8-18)14(19)20)10-5-4-9(16)6-13(10)17;1-12(2,3)15-7-11(16)9-5-4-8(13)6-10(9)14;1-3-11(4-2)10-8-6-5-7-9-10;2*9-4-8(12)6-2-1-5(10)3-7(6)11;7-5-2-1-3-6(8)4-5;1-3-7-9(5,6)8-4-2;1-4(2,3)5;4-2-1-3-5;3-1-2(4)5;;;;;;/h5-6,9,14,20H,4,8,10H2,1-3H3;5-7,12,14H,8-9H2,1-3H3;4-6,11-12H,7-8H2,1-3H3,(H,19,20);4-6,11,15-16H,7H2,1-3H3;5-9H,3-4H2,1-2H3;1-3,8,12H,4H2;1-3H,4H2;1-4H;3-4H2,1-2H3;5H2,1-3H3;1-2H2;1H2;1H4;;;3*1H/q;;;;;;;;;;;;;+3;;;;/p-3/t14-;12-,14?;11-,12+;11-;;8-;;;;;;;;;;;;/m1001.1............/s1. The number of anilines is 1. The van der Waals surface area contributed by atoms with Crippen molar-refractivity contribution in [1.82, 2.24) is 20.0 Å². The number of rotatable bonds is 24. The van der Waals surface area contributed by atoms with E-state index in [1.54, 1.807) is 13.8 Å². The topological polar surface area (TPSA) is 271 Å². The number of carboxylic acids is 1. The van der Waals surface area contributed by atoms with Crippen molar-refractivity contribution in [3.8, 4) is 12.1 Å². The minimum atomic E-state index is -3.22. The molecule has 2 fully saturated rings. The summed E-state index contributed by atoms with van der Waals surface area (Å²) in [5.41, 5.74) is 6.79. The largest absolute Gasteiger partial charge is 0.643 e. The predicted octanol–water partition coefficient (Wildman–Crippen LogP) is 28.2. The van der Waals surface area contributed by atoms with Gasteiger partial charge in [0.15, 0.2) is 5.78 Å². The van der Waals surface area contributed by atoms with Crippen molar-refractivity contribution >= 4 is 153 Å². The molecule has 45 heteroatoms. The number of likely N-dealkylation sites (tertiary alicyclic amines) is 2. The molecular weight excluding hydrogens is 2220 g/mol. The zero-order valence-electron chi connectivity index (χ0n) is 85.4. The molecule has 0 aliphatic carbocycles. The first kappa shape index (κ1) is 150. The second-order valence-corrected chi connectivity index (χ2v) is 47.4. The third-order valence-electron chi connectivity index (χ3n) is 19.4. The number of carbonyl (C=O) groups is 3. The second kappa shape index (κ2) is 77.4. The molecule has 2 heterocycles. The molecule has 10 rings (SSSR count). The summed E-state index contributed by atoms with van der Waals surface area (Å²) < 4.78 is 200. The van der Waals surface area contributed by atoms with E-state index in [1.165, 1.54) is 66.4 Å². The first-order valence-electron chi connectivity index (χ1n) is 45.1. The van der Waals surface area contributed by atoms with Gasteiger partial charge in [-0.25, -0.2) is 103 Å². The molecule has 825 valence electrons. The smallest absolute Gasteiger partial charge is 0.481 e. The highest BCUT2D eigenvalue weighted by atomic mass is 79.9. The van der Waals surface area contributed by atoms with Gasteiger partial charge in [-0.05, 0) is 215 Å². The highest BCUT2D eigenvalue weighted by Gasteiger charge is 2.45. The fourth-order valence-electron chi connectivity index (χ4n) is 12.3. The zero-order chi connectivity index (χ0) is 113. The lowest BCUT2D eigenvalue weighted by Crippen LogP contribution is -2.44. The van der Waals surface area contributed by atoms with E-state index < -0.39 is 147 Å². The van der Waals surface area contributed by atoms with Crippen LogP contribution in [-0.2, 0) is 23.2 Å². The number of nitrogens with zero attached hydrogens (tertiary/aromatic N) is 7. The molecule has 1 unspecified atom stereocenters. The monoisotopic (exact) mass is 2350 g/mol. The van der Waals surface area contributed by atoms with Crippen LogP contribution < -0.4 is 16.0 Å². The van der Waals surface area contributed by atoms with Gasteiger partial charge in [0.1, 0.15) is 81.4 Å². The SMILES string of the molecule is C.CC(C)(C)N.CC(C)(C)N(CCC#N)C[C@@H](O)c1ccc(F)cc1F.CC(C)(C)N1C[C@@H](C(=O)O)[C@H](c2ccc(F)cc2F)C1.CC(C)(C)NC[C@@H](O)c1ccc(F)cc1F.CCN(CC)c1ccccc1.CCOP(=O)(Cl)OCC.Fc1cccc(F)c1.N#CCCBr.O=C(CCl)c1ccc(F)cc1F.O=C(Cl)CCl.O[C@H](CCl)c1ccc(F)cc1F.[B].[C-]#[N+]C1CN(C(C)(C)C)C[C@H]1c1ccc(F)cc1F.[Cl][Al]([Cl])[Cl]. The molecule has 2 aliphatic heterocycles. The number of carbonyl (C=O) groups excluding carboxylic acids is 2. The number of aliphatic hydroxyl groups excluding tert-OH is 3. The van der Waals surface area contributed by atoms with Crippen molar-refractivity contribution in [2.45, 2.75) is 216 Å². The van der Waals surface area contributed by atoms with E-state index in [0.717, 1.165) is 79.1 Å². The number of ketones is 1. The Bertz CT molecular complexity index is 5300. The number of hydrogen-bond acceptors (Lipinski definition) is 17. The van der Waals surface area contributed by atoms with E-state index in [4.69, 9.17) is 116 Å². The Hall–Kier alpha value is -6.91. The summed E-state index contributed by atoms with van der Waals surface area (Å²) in [4.78, 5) is 43.8. The molecule has 8 aromatic carbocycles. The number of nitriles is 2. The fraction of sp³-hybridized carbons (Fsp3) is 0.476. The van der Waals surface area contributed by atoms with Gasteiger partial charge >= 0.3 is 24.3 Å². The van der Waals surface area contributed by atoms with Gasteiger partial charge in [-0.2, -0.15) is 10.5 Å². The third-order valence-corrected chi connectivity index (χ3v) is 22.6. The summed E-state index contributed by atoms with van der Waals surface area (Å²) in [5, 5.41) is 58.1. The number of hydrogen-bond donors (Lipinski definition) is 6. The summed E-state index contributed by atoms with van der Waals surface area (Å²) in [6.45, 7) is 47.4. The van der Waals surface area contributed by atoms with Gasteiger partial charge < -0.3 is 41.2 Å². The van der Waals surface area contributed by atoms with E-state index in [2.05, 4.69) is 110 Å². The van der Waals surface area contributed by atoms with Gasteiger partial charge in [-0.1, -0.05) is 78.0 Å². The zero-order valence-corrected chi connectivity index (χ0v) is 95.1. The number of nitrogens with one attached hydrogen (secondary N) is 1. The molecule has 0 amide bonds. The average molecular weight is 2360 g/mol. The Morgan fingerprint density at radius 1 is 0.547 bits per heavy atom. The number of nitrogens with two attached hydrogens (primary N) is 1. The molecule has 19 nitrogen and oxygen atoms in total. The minimum absolute atomic E-state index is 0. The van der Waals surface area contributed by atoms with Crippen molar-refractivity contribution in [2.75, 3.05) is 100.0 Å². The highest BCUT2D eigenvalue weighted by molar-refractivity contribution is 9.09. The van der Waals surface area contributed by atoms with Gasteiger partial charge in [-0.15, -0.1) is 34.8 Å². The maximum absolute atomic E-state index is 13.9. The van der Waals surface area contributed by atoms with Crippen molar-refractivity contribution in [3.05, 3.63) is 290 Å². The molecule has 0 spiro atoms. The molecule has 8 aromatic rings. The lowest BCUT2D eigenvalue weighted by molar-refractivity contribution is -0.141. The van der Waals surface area contributed by atoms with Crippen LogP contribution >= 0.6 is 111 Å². The Morgan fingerprint density at radius 3 is 1.21 bits per heavy atom. The number of alkyl halides is 4. The summed E-state index contributed by atoms with van der Waals surface area (Å²) in [6, 6.07) is 37.8. The maximum Gasteiger partial charge on any atom is 0.643 e. The molecular formula is C103H136AlBBrCl8F14N9O10P. The number of Topliss-reactive ketones (excluding diaryl/α,β-unsaturated/α-hetero) is 1. The Morgan fingerprint density at radius 2 is 0.905 bits per heavy atom. The predicted molar refractivity (Wildman–Crippen MR) is 576 cm³/mol. The molecule has 148 heavy (non-hydrogen) atoms. The molecule has 0 bridgehead atoms. The Balaban J connectivity index is -0.000000511. The van der Waals surface area contributed by atoms with E-state index in [-0.39, 0.29) is 114 Å². The summed E-state index contributed by atoms with van der Waals surface area (Å²) in [7, 11) is 14.8.